The monoisotopic (exact) mass is 389 g/mol. The quantitative estimate of drug-likeness (QED) is 0.740. The number of hydrogen-bond acceptors (Lipinski definition) is 4. The molecule has 1 atom stereocenters. The predicted octanol–water partition coefficient (Wildman–Crippen LogP) is 4.01. The highest BCUT2D eigenvalue weighted by molar-refractivity contribution is 7.90. The molecule has 0 aliphatic carbocycles. The first-order valence-electron chi connectivity index (χ1n) is 9.00. The number of ether oxygens (including phenoxy) is 1. The average Bonchev–Trinajstić information content (AvgIpc) is 2.61. The van der Waals surface area contributed by atoms with Gasteiger partial charge in [0, 0.05) is 11.8 Å². The number of hydrogen-bond donors (Lipinski definition) is 1. The first-order chi connectivity index (χ1) is 12.7. The molecule has 2 rings (SSSR count). The molecule has 27 heavy (non-hydrogen) atoms. The summed E-state index contributed by atoms with van der Waals surface area (Å²) < 4.78 is 29.0. The van der Waals surface area contributed by atoms with Crippen LogP contribution in [0.4, 0.5) is 0 Å². The van der Waals surface area contributed by atoms with E-state index in [-0.39, 0.29) is 16.8 Å². The van der Waals surface area contributed by atoms with Gasteiger partial charge in [-0.1, -0.05) is 32.0 Å². The van der Waals surface area contributed by atoms with Crippen LogP contribution in [0.3, 0.4) is 0 Å². The summed E-state index contributed by atoms with van der Waals surface area (Å²) in [5.41, 5.74) is 1.26. The maximum Gasteiger partial charge on any atom is 0.251 e. The molecule has 0 fully saturated rings. The van der Waals surface area contributed by atoms with Crippen molar-refractivity contribution in [1.82, 2.24) is 5.32 Å². The van der Waals surface area contributed by atoms with Crippen molar-refractivity contribution in [1.29, 1.82) is 0 Å². The topological polar surface area (TPSA) is 72.5 Å². The zero-order valence-electron chi connectivity index (χ0n) is 16.2. The first-order valence-corrected chi connectivity index (χ1v) is 10.9. The molecule has 0 aromatic heterocycles. The maximum absolute atomic E-state index is 12.4. The lowest BCUT2D eigenvalue weighted by Gasteiger charge is -2.15. The zero-order valence-corrected chi connectivity index (χ0v) is 17.0. The lowest BCUT2D eigenvalue weighted by atomic mass is 10.1. The van der Waals surface area contributed by atoms with Crippen LogP contribution in [0, 0.1) is 5.92 Å². The third-order valence-electron chi connectivity index (χ3n) is 4.22. The molecule has 0 radical (unpaired) electrons. The van der Waals surface area contributed by atoms with Crippen LogP contribution in [0.1, 0.15) is 49.2 Å². The van der Waals surface area contributed by atoms with E-state index in [0.717, 1.165) is 24.0 Å². The first kappa shape index (κ1) is 21.0. The molecule has 146 valence electrons. The van der Waals surface area contributed by atoms with E-state index in [9.17, 15) is 13.2 Å². The van der Waals surface area contributed by atoms with Gasteiger partial charge in [0.15, 0.2) is 9.84 Å². The molecule has 2 aromatic rings. The van der Waals surface area contributed by atoms with Crippen molar-refractivity contribution >= 4 is 15.7 Å². The molecule has 0 aliphatic rings. The minimum atomic E-state index is -3.35. The van der Waals surface area contributed by atoms with Gasteiger partial charge in [0.25, 0.3) is 5.91 Å². The van der Waals surface area contributed by atoms with Crippen LogP contribution in [0.5, 0.6) is 5.75 Å². The van der Waals surface area contributed by atoms with Crippen molar-refractivity contribution < 1.29 is 17.9 Å². The van der Waals surface area contributed by atoms with E-state index in [4.69, 9.17) is 4.74 Å². The third-order valence-corrected chi connectivity index (χ3v) is 5.33. The molecule has 0 bridgehead atoms. The van der Waals surface area contributed by atoms with Crippen LogP contribution in [0.15, 0.2) is 53.4 Å². The van der Waals surface area contributed by atoms with E-state index in [2.05, 4.69) is 19.2 Å². The number of benzene rings is 2. The Morgan fingerprint density at radius 2 is 1.74 bits per heavy atom. The minimum absolute atomic E-state index is 0.130. The van der Waals surface area contributed by atoms with Gasteiger partial charge in [-0.15, -0.1) is 0 Å². The van der Waals surface area contributed by atoms with Gasteiger partial charge in [0.05, 0.1) is 17.5 Å². The highest BCUT2D eigenvalue weighted by Crippen LogP contribution is 2.19. The molecule has 2 aromatic carbocycles. The van der Waals surface area contributed by atoms with Crippen LogP contribution in [0.25, 0.3) is 0 Å². The fourth-order valence-corrected chi connectivity index (χ4v) is 3.16. The van der Waals surface area contributed by atoms with Crippen molar-refractivity contribution in [2.75, 3.05) is 12.9 Å². The fraction of sp³-hybridized carbons (Fsp3) is 0.381. The highest BCUT2D eigenvalue weighted by atomic mass is 32.2. The van der Waals surface area contributed by atoms with Gasteiger partial charge >= 0.3 is 0 Å². The van der Waals surface area contributed by atoms with Crippen molar-refractivity contribution in [3.05, 3.63) is 59.7 Å². The summed E-state index contributed by atoms with van der Waals surface area (Å²) >= 11 is 0. The van der Waals surface area contributed by atoms with Crippen molar-refractivity contribution in [3.63, 3.8) is 0 Å². The number of rotatable bonds is 8. The molecule has 0 aliphatic heterocycles. The molecule has 0 spiro atoms. The van der Waals surface area contributed by atoms with Crippen LogP contribution >= 0.6 is 0 Å². The molecule has 0 saturated heterocycles. The van der Waals surface area contributed by atoms with Gasteiger partial charge in [0.1, 0.15) is 5.75 Å². The summed E-state index contributed by atoms with van der Waals surface area (Å²) in [5, 5.41) is 2.89. The molecular formula is C21H27NO4S. The summed E-state index contributed by atoms with van der Waals surface area (Å²) in [6.07, 6.45) is 2.12. The Labute approximate surface area is 161 Å². The molecule has 6 heteroatoms. The zero-order chi connectivity index (χ0) is 20.0. The summed E-state index contributed by atoms with van der Waals surface area (Å²) in [5.74, 6) is 1.09. The van der Waals surface area contributed by atoms with Gasteiger partial charge in [0.2, 0.25) is 0 Å². The van der Waals surface area contributed by atoms with Gasteiger partial charge < -0.3 is 10.1 Å². The Kier molecular flexibility index (Phi) is 7.02. The lowest BCUT2D eigenvalue weighted by Crippen LogP contribution is -2.26. The smallest absolute Gasteiger partial charge is 0.251 e. The predicted molar refractivity (Wildman–Crippen MR) is 107 cm³/mol. The number of nitrogens with one attached hydrogen (secondary N) is 1. The molecule has 5 nitrogen and oxygen atoms in total. The summed E-state index contributed by atoms with van der Waals surface area (Å²) in [6.45, 7) is 6.87. The molecule has 1 amide bonds. The Morgan fingerprint density at radius 3 is 2.33 bits per heavy atom. The van der Waals surface area contributed by atoms with Crippen LogP contribution in [-0.4, -0.2) is 27.2 Å². The molecule has 1 N–H and O–H groups in total. The van der Waals surface area contributed by atoms with Crippen molar-refractivity contribution in [2.45, 2.75) is 38.1 Å². The summed E-state index contributed by atoms with van der Waals surface area (Å²) in [6, 6.07) is 13.4. The van der Waals surface area contributed by atoms with E-state index >= 15 is 0 Å². The SMILES string of the molecule is CC(C)CCOc1ccc(C(C)NC(=O)c2cccc(S(C)(=O)=O)c2)cc1. The normalized spacial score (nSPS) is 12.6. The highest BCUT2D eigenvalue weighted by Gasteiger charge is 2.14. The van der Waals surface area contributed by atoms with Gasteiger partial charge in [-0.2, -0.15) is 0 Å². The van der Waals surface area contributed by atoms with Crippen molar-refractivity contribution in [3.8, 4) is 5.75 Å². The maximum atomic E-state index is 12.4. The molecule has 0 saturated carbocycles. The third kappa shape index (κ3) is 6.40. The second-order valence-corrected chi connectivity index (χ2v) is 9.11. The summed E-state index contributed by atoms with van der Waals surface area (Å²) in [4.78, 5) is 12.6. The summed E-state index contributed by atoms with van der Waals surface area (Å²) in [7, 11) is -3.35. The van der Waals surface area contributed by atoms with E-state index < -0.39 is 9.84 Å². The average molecular weight is 390 g/mol. The number of amides is 1. The fourth-order valence-electron chi connectivity index (χ4n) is 2.50. The van der Waals surface area contributed by atoms with Crippen molar-refractivity contribution in [2.24, 2.45) is 5.92 Å². The number of carbonyl (C=O) groups excluding carboxylic acids is 1. The van der Waals surface area contributed by atoms with E-state index in [1.807, 2.05) is 31.2 Å². The Hall–Kier alpha value is -2.34. The second-order valence-electron chi connectivity index (χ2n) is 7.10. The lowest BCUT2D eigenvalue weighted by molar-refractivity contribution is 0.0939. The van der Waals surface area contributed by atoms with Crippen LogP contribution in [-0.2, 0) is 9.84 Å². The number of carbonyl (C=O) groups is 1. The Bertz CT molecular complexity index is 873. The van der Waals surface area contributed by atoms with E-state index in [1.165, 1.54) is 12.1 Å². The standard InChI is InChI=1S/C21H27NO4S/c1-15(2)12-13-26-19-10-8-17(9-11-19)16(3)22-21(23)18-6-5-7-20(14-18)27(4,24)25/h5-11,14-16H,12-13H2,1-4H3,(H,22,23). The van der Waals surface area contributed by atoms with Gasteiger partial charge in [-0.3, -0.25) is 4.79 Å². The van der Waals surface area contributed by atoms with Gasteiger partial charge in [-0.25, -0.2) is 8.42 Å². The van der Waals surface area contributed by atoms with Crippen LogP contribution in [0.2, 0.25) is 0 Å². The van der Waals surface area contributed by atoms with E-state index in [1.54, 1.807) is 12.1 Å². The molecule has 1 unspecified atom stereocenters. The Morgan fingerprint density at radius 1 is 1.07 bits per heavy atom. The van der Waals surface area contributed by atoms with E-state index in [0.29, 0.717) is 18.1 Å². The molecular weight excluding hydrogens is 362 g/mol. The second kappa shape index (κ2) is 9.04. The molecule has 0 heterocycles. The largest absolute Gasteiger partial charge is 0.494 e. The van der Waals surface area contributed by atoms with Crippen LogP contribution < -0.4 is 10.1 Å². The minimum Gasteiger partial charge on any atom is -0.494 e. The van der Waals surface area contributed by atoms with Gasteiger partial charge in [-0.05, 0) is 55.2 Å². The Balaban J connectivity index is 2.00. The number of sulfone groups is 1.